The maximum atomic E-state index is 10.8. The van der Waals surface area contributed by atoms with E-state index in [1.54, 1.807) is 0 Å². The lowest BCUT2D eigenvalue weighted by Crippen LogP contribution is -2.55. The van der Waals surface area contributed by atoms with Crippen molar-refractivity contribution in [2.75, 3.05) is 6.17 Å². The molecule has 2 amide bonds. The minimum absolute atomic E-state index is 0.0834. The third-order valence-electron chi connectivity index (χ3n) is 1.97. The Bertz CT molecular complexity index is 212. The Morgan fingerprint density at radius 2 is 1.69 bits per heavy atom. The van der Waals surface area contributed by atoms with E-state index in [-0.39, 0.29) is 12.2 Å². The van der Waals surface area contributed by atoms with Crippen LogP contribution in [0.2, 0.25) is 6.04 Å². The van der Waals surface area contributed by atoms with Crippen LogP contribution in [0.4, 0.5) is 4.79 Å². The average Bonchev–Trinajstić information content (AvgIpc) is 2.12. The van der Waals surface area contributed by atoms with Crippen LogP contribution < -0.4 is 11.1 Å². The third-order valence-corrected chi connectivity index (χ3v) is 5.57. The molecule has 0 aliphatic carbocycles. The molecule has 0 radical (unpaired) electrons. The molecule has 0 aromatic carbocycles. The third kappa shape index (κ3) is 6.09. The summed E-state index contributed by atoms with van der Waals surface area (Å²) in [5.41, 5.74) is 5.08. The molecule has 0 aromatic heterocycles. The number of nitrogens with one attached hydrogen (secondary N) is 1. The number of amides is 2. The monoisotopic (exact) mass is 248 g/mol. The zero-order valence-electron chi connectivity index (χ0n) is 10.9. The number of nitrogens with two attached hydrogens (primary N) is 1. The summed E-state index contributed by atoms with van der Waals surface area (Å²) in [5.74, 6) is 0. The maximum absolute atomic E-state index is 10.8. The lowest BCUT2D eigenvalue weighted by atomic mass is 10.5. The molecule has 0 heterocycles. The standard InChI is InChI=1S/C10H24N2O3Si/c1-6-16(14-8(2)3,15-9(4)5)7-12-10(11)13/h8-9H,6-7H2,1-5H3,(H3,11,12,13). The molecule has 0 spiro atoms. The molecule has 0 saturated carbocycles. The number of urea groups is 1. The number of rotatable bonds is 7. The van der Waals surface area contributed by atoms with Gasteiger partial charge in [-0.25, -0.2) is 4.79 Å². The van der Waals surface area contributed by atoms with Gasteiger partial charge in [0.15, 0.2) is 0 Å². The van der Waals surface area contributed by atoms with Gasteiger partial charge in [0.1, 0.15) is 0 Å². The largest absolute Gasteiger partial charge is 0.391 e. The van der Waals surface area contributed by atoms with Gasteiger partial charge < -0.3 is 19.9 Å². The van der Waals surface area contributed by atoms with Gasteiger partial charge in [-0.05, 0) is 33.7 Å². The zero-order valence-corrected chi connectivity index (χ0v) is 11.9. The van der Waals surface area contributed by atoms with E-state index in [9.17, 15) is 4.79 Å². The highest BCUT2D eigenvalue weighted by Gasteiger charge is 2.38. The molecule has 0 unspecified atom stereocenters. The van der Waals surface area contributed by atoms with Crippen LogP contribution in [0, 0.1) is 0 Å². The SMILES string of the molecule is CC[Si](CNC(N)=O)(OC(C)C)OC(C)C. The molecule has 6 heteroatoms. The smallest absolute Gasteiger partial charge is 0.358 e. The molecular weight excluding hydrogens is 224 g/mol. The van der Waals surface area contributed by atoms with Crippen LogP contribution in [0.15, 0.2) is 0 Å². The Morgan fingerprint density at radius 1 is 1.25 bits per heavy atom. The highest BCUT2D eigenvalue weighted by Crippen LogP contribution is 2.17. The Hall–Kier alpha value is -0.593. The summed E-state index contributed by atoms with van der Waals surface area (Å²) in [4.78, 5) is 10.8. The fourth-order valence-corrected chi connectivity index (χ4v) is 4.45. The molecule has 96 valence electrons. The topological polar surface area (TPSA) is 73.6 Å². The zero-order chi connectivity index (χ0) is 12.8. The number of carbonyl (C=O) groups is 1. The molecule has 0 aliphatic rings. The maximum Gasteiger partial charge on any atom is 0.358 e. The van der Waals surface area contributed by atoms with Crippen molar-refractivity contribution in [3.05, 3.63) is 0 Å². The van der Waals surface area contributed by atoms with E-state index in [0.29, 0.717) is 6.17 Å². The number of primary amides is 1. The van der Waals surface area contributed by atoms with Gasteiger partial charge in [0.2, 0.25) is 0 Å². The van der Waals surface area contributed by atoms with Crippen molar-refractivity contribution < 1.29 is 13.6 Å². The molecule has 0 fully saturated rings. The second kappa shape index (κ2) is 6.88. The summed E-state index contributed by atoms with van der Waals surface area (Å²) < 4.78 is 11.8. The summed E-state index contributed by atoms with van der Waals surface area (Å²) in [7, 11) is -2.37. The van der Waals surface area contributed by atoms with Gasteiger partial charge >= 0.3 is 14.6 Å². The number of hydrogen-bond acceptors (Lipinski definition) is 3. The van der Waals surface area contributed by atoms with Crippen LogP contribution in [-0.4, -0.2) is 33.0 Å². The van der Waals surface area contributed by atoms with Crippen molar-refractivity contribution in [1.29, 1.82) is 0 Å². The lowest BCUT2D eigenvalue weighted by Gasteiger charge is -2.33. The predicted molar refractivity (Wildman–Crippen MR) is 66.3 cm³/mol. The van der Waals surface area contributed by atoms with E-state index in [4.69, 9.17) is 14.6 Å². The molecule has 0 aliphatic heterocycles. The normalized spacial score (nSPS) is 12.2. The van der Waals surface area contributed by atoms with E-state index in [0.717, 1.165) is 6.04 Å². The fourth-order valence-electron chi connectivity index (χ4n) is 1.48. The molecular formula is C10H24N2O3Si. The molecule has 0 aromatic rings. The molecule has 3 N–H and O–H groups in total. The first-order chi connectivity index (χ1) is 7.31. The van der Waals surface area contributed by atoms with Crippen LogP contribution in [0.25, 0.3) is 0 Å². The second-order valence-corrected chi connectivity index (χ2v) is 7.67. The van der Waals surface area contributed by atoms with Crippen molar-refractivity contribution >= 4 is 14.6 Å². The van der Waals surface area contributed by atoms with Crippen LogP contribution in [-0.2, 0) is 8.85 Å². The van der Waals surface area contributed by atoms with Crippen molar-refractivity contribution in [1.82, 2.24) is 5.32 Å². The summed E-state index contributed by atoms with van der Waals surface area (Å²) in [6.45, 7) is 9.87. The van der Waals surface area contributed by atoms with Gasteiger partial charge in [0.25, 0.3) is 0 Å². The Labute approximate surface area is 98.9 Å². The highest BCUT2D eigenvalue weighted by molar-refractivity contribution is 6.67. The quantitative estimate of drug-likeness (QED) is 0.671. The number of carbonyl (C=O) groups excluding carboxylic acids is 1. The van der Waals surface area contributed by atoms with Gasteiger partial charge in [-0.2, -0.15) is 0 Å². The lowest BCUT2D eigenvalue weighted by molar-refractivity contribution is 0.104. The fraction of sp³-hybridized carbons (Fsp3) is 0.900. The number of hydrogen-bond donors (Lipinski definition) is 2. The molecule has 5 nitrogen and oxygen atoms in total. The van der Waals surface area contributed by atoms with E-state index >= 15 is 0 Å². The van der Waals surface area contributed by atoms with E-state index in [1.807, 2.05) is 34.6 Å². The van der Waals surface area contributed by atoms with E-state index in [1.165, 1.54) is 0 Å². The van der Waals surface area contributed by atoms with Crippen LogP contribution >= 0.6 is 0 Å². The Morgan fingerprint density at radius 3 is 1.94 bits per heavy atom. The molecule has 0 atom stereocenters. The Kier molecular flexibility index (Phi) is 6.62. The molecule has 0 bridgehead atoms. The van der Waals surface area contributed by atoms with Gasteiger partial charge in [-0.1, -0.05) is 6.92 Å². The van der Waals surface area contributed by atoms with Crippen molar-refractivity contribution in [3.63, 3.8) is 0 Å². The highest BCUT2D eigenvalue weighted by atomic mass is 28.4. The van der Waals surface area contributed by atoms with Crippen LogP contribution in [0.1, 0.15) is 34.6 Å². The first-order valence-corrected chi connectivity index (χ1v) is 7.93. The minimum atomic E-state index is -2.37. The van der Waals surface area contributed by atoms with Gasteiger partial charge in [-0.3, -0.25) is 0 Å². The minimum Gasteiger partial charge on any atom is -0.391 e. The summed E-state index contributed by atoms with van der Waals surface area (Å²) in [5, 5.41) is 2.60. The predicted octanol–water partition coefficient (Wildman–Crippen LogP) is 1.51. The van der Waals surface area contributed by atoms with Gasteiger partial charge in [0, 0.05) is 12.2 Å². The van der Waals surface area contributed by atoms with Gasteiger partial charge in [-0.15, -0.1) is 0 Å². The first-order valence-electron chi connectivity index (χ1n) is 5.70. The average molecular weight is 248 g/mol. The summed E-state index contributed by atoms with van der Waals surface area (Å²) in [6.07, 6.45) is 0.565. The molecule has 16 heavy (non-hydrogen) atoms. The Balaban J connectivity index is 4.59. The van der Waals surface area contributed by atoms with Crippen molar-refractivity contribution in [2.24, 2.45) is 5.73 Å². The van der Waals surface area contributed by atoms with Crippen LogP contribution in [0.3, 0.4) is 0 Å². The van der Waals surface area contributed by atoms with E-state index < -0.39 is 14.6 Å². The van der Waals surface area contributed by atoms with Gasteiger partial charge in [0.05, 0.1) is 6.17 Å². The second-order valence-electron chi connectivity index (χ2n) is 4.32. The van der Waals surface area contributed by atoms with Crippen molar-refractivity contribution in [2.45, 2.75) is 52.9 Å². The van der Waals surface area contributed by atoms with Crippen LogP contribution in [0.5, 0.6) is 0 Å². The van der Waals surface area contributed by atoms with E-state index in [2.05, 4.69) is 5.32 Å². The van der Waals surface area contributed by atoms with Crippen molar-refractivity contribution in [3.8, 4) is 0 Å². The summed E-state index contributed by atoms with van der Waals surface area (Å²) >= 11 is 0. The molecule has 0 rings (SSSR count). The first kappa shape index (κ1) is 15.4. The summed E-state index contributed by atoms with van der Waals surface area (Å²) in [6, 6.07) is 0.244. The molecule has 0 saturated heterocycles.